The molecule has 37 heavy (non-hydrogen) atoms. The minimum absolute atomic E-state index is 0.0519. The fraction of sp³-hybridized carbons (Fsp3) is 0.192. The van der Waals surface area contributed by atoms with Crippen molar-refractivity contribution in [1.29, 1.82) is 0 Å². The third-order valence-corrected chi connectivity index (χ3v) is 6.67. The number of benzene rings is 3. The van der Waals surface area contributed by atoms with Gasteiger partial charge in [0, 0.05) is 17.1 Å². The number of thiazole rings is 1. The van der Waals surface area contributed by atoms with E-state index in [0.717, 1.165) is 36.5 Å². The van der Waals surface area contributed by atoms with Crippen LogP contribution in [0.4, 0.5) is 39.5 Å². The van der Waals surface area contributed by atoms with Gasteiger partial charge in [0.15, 0.2) is 0 Å². The maximum absolute atomic E-state index is 14.0. The second-order valence-electron chi connectivity index (χ2n) is 8.24. The number of aromatic nitrogens is 1. The molecule has 3 aromatic carbocycles. The normalized spacial score (nSPS) is 13.6. The van der Waals surface area contributed by atoms with Crippen LogP contribution in [0, 0.1) is 0 Å². The van der Waals surface area contributed by atoms with Crippen LogP contribution in [0.15, 0.2) is 72.2 Å². The predicted octanol–water partition coefficient (Wildman–Crippen LogP) is 9.85. The van der Waals surface area contributed by atoms with Gasteiger partial charge < -0.3 is 0 Å². The van der Waals surface area contributed by atoms with Crippen LogP contribution < -0.4 is 0 Å². The minimum Gasteiger partial charge on any atom is -0.245 e. The summed E-state index contributed by atoms with van der Waals surface area (Å²) in [4.78, 5) is 3.87. The van der Waals surface area contributed by atoms with E-state index in [4.69, 9.17) is 0 Å². The van der Waals surface area contributed by atoms with Crippen molar-refractivity contribution in [3.8, 4) is 32.8 Å². The van der Waals surface area contributed by atoms with Gasteiger partial charge in [0.2, 0.25) is 0 Å². The fourth-order valence-electron chi connectivity index (χ4n) is 3.85. The summed E-state index contributed by atoms with van der Waals surface area (Å²) < 4.78 is 122. The fourth-order valence-corrected chi connectivity index (χ4v) is 4.53. The lowest BCUT2D eigenvalue weighted by atomic mass is 9.91. The average Bonchev–Trinajstić information content (AvgIpc) is 3.36. The molecule has 0 aliphatic heterocycles. The van der Waals surface area contributed by atoms with Crippen molar-refractivity contribution >= 4 is 11.3 Å². The lowest BCUT2D eigenvalue weighted by Crippen LogP contribution is -2.17. The molecular weight excluding hydrogens is 529 g/mol. The molecule has 0 saturated carbocycles. The van der Waals surface area contributed by atoms with Gasteiger partial charge in [-0.3, -0.25) is 0 Å². The van der Waals surface area contributed by atoms with Gasteiger partial charge in [0.05, 0.1) is 17.0 Å². The Bertz CT molecular complexity index is 1380. The third kappa shape index (κ3) is 5.66. The summed E-state index contributed by atoms with van der Waals surface area (Å²) in [5, 5.41) is 1.56. The van der Waals surface area contributed by atoms with Crippen LogP contribution in [0.2, 0.25) is 0 Å². The molecule has 0 saturated heterocycles. The number of hydrogen-bond acceptors (Lipinski definition) is 2. The van der Waals surface area contributed by atoms with Gasteiger partial charge in [-0.2, -0.15) is 39.5 Å². The molecule has 1 heterocycles. The Morgan fingerprint density at radius 3 is 1.70 bits per heavy atom. The Labute approximate surface area is 209 Å². The van der Waals surface area contributed by atoms with Crippen LogP contribution in [-0.2, 0) is 12.4 Å². The van der Waals surface area contributed by atoms with Crippen molar-refractivity contribution in [3.63, 3.8) is 0 Å². The van der Waals surface area contributed by atoms with Crippen molar-refractivity contribution in [2.45, 2.75) is 31.4 Å². The molecule has 0 spiro atoms. The van der Waals surface area contributed by atoms with Crippen LogP contribution in [0.3, 0.4) is 0 Å². The van der Waals surface area contributed by atoms with Crippen LogP contribution in [0.5, 0.6) is 0 Å². The summed E-state index contributed by atoms with van der Waals surface area (Å²) in [5.41, 5.74) is -3.06. The highest BCUT2D eigenvalue weighted by Gasteiger charge is 2.38. The molecular formula is C26H16F9NS. The van der Waals surface area contributed by atoms with E-state index in [1.54, 1.807) is 0 Å². The molecule has 0 N–H and O–H groups in total. The standard InChI is InChI=1S/C26H16F9NS/c1-14(24(27,28)29)15-2-4-16(5-3-15)17-6-8-19(21(12-17)25(30,31)32)18-7-9-20(23-36-10-11-37-23)22(13-18)26(33,34)35/h2-14H,1H3. The molecule has 0 fully saturated rings. The minimum atomic E-state index is -4.91. The molecule has 4 aromatic rings. The number of nitrogens with zero attached hydrogens (tertiary/aromatic N) is 1. The van der Waals surface area contributed by atoms with Gasteiger partial charge in [-0.15, -0.1) is 11.3 Å². The van der Waals surface area contributed by atoms with E-state index < -0.39 is 41.1 Å². The van der Waals surface area contributed by atoms with Crippen molar-refractivity contribution in [2.24, 2.45) is 0 Å². The summed E-state index contributed by atoms with van der Waals surface area (Å²) >= 11 is 0.965. The van der Waals surface area contributed by atoms with Crippen LogP contribution >= 0.6 is 11.3 Å². The summed E-state index contributed by atoms with van der Waals surface area (Å²) in [7, 11) is 0. The van der Waals surface area contributed by atoms with Gasteiger partial charge in [0.25, 0.3) is 0 Å². The van der Waals surface area contributed by atoms with Gasteiger partial charge in [-0.1, -0.05) is 48.5 Å². The maximum atomic E-state index is 14.0. The van der Waals surface area contributed by atoms with Crippen LogP contribution in [0.1, 0.15) is 29.5 Å². The van der Waals surface area contributed by atoms with Crippen molar-refractivity contribution in [3.05, 3.63) is 88.9 Å². The second-order valence-corrected chi connectivity index (χ2v) is 9.13. The molecule has 1 unspecified atom stereocenters. The summed E-state index contributed by atoms with van der Waals surface area (Å²) in [5.74, 6) is -1.76. The molecule has 11 heteroatoms. The predicted molar refractivity (Wildman–Crippen MR) is 123 cm³/mol. The third-order valence-electron chi connectivity index (χ3n) is 5.86. The largest absolute Gasteiger partial charge is 0.417 e. The molecule has 0 aliphatic carbocycles. The zero-order chi connectivity index (χ0) is 27.2. The van der Waals surface area contributed by atoms with Crippen LogP contribution in [-0.4, -0.2) is 11.2 Å². The van der Waals surface area contributed by atoms with Crippen molar-refractivity contribution in [1.82, 2.24) is 4.98 Å². The first-order chi connectivity index (χ1) is 17.2. The zero-order valence-corrected chi connectivity index (χ0v) is 19.6. The molecule has 0 amide bonds. The highest BCUT2D eigenvalue weighted by Crippen LogP contribution is 2.44. The first-order valence-electron chi connectivity index (χ1n) is 10.7. The molecule has 0 radical (unpaired) electrons. The zero-order valence-electron chi connectivity index (χ0n) is 18.8. The van der Waals surface area contributed by atoms with E-state index in [-0.39, 0.29) is 32.8 Å². The van der Waals surface area contributed by atoms with E-state index in [1.165, 1.54) is 48.0 Å². The highest BCUT2D eigenvalue weighted by molar-refractivity contribution is 7.13. The van der Waals surface area contributed by atoms with Gasteiger partial charge in [-0.25, -0.2) is 4.98 Å². The number of halogens is 9. The van der Waals surface area contributed by atoms with Crippen molar-refractivity contribution < 1.29 is 39.5 Å². The SMILES string of the molecule is CC(c1ccc(-c2ccc(-c3ccc(-c4nccs4)c(C(F)(F)F)c3)c(C(F)(F)F)c2)cc1)C(F)(F)F. The monoisotopic (exact) mass is 545 g/mol. The first-order valence-corrected chi connectivity index (χ1v) is 11.5. The Morgan fingerprint density at radius 1 is 0.649 bits per heavy atom. The lowest BCUT2D eigenvalue weighted by Gasteiger charge is -2.18. The number of hydrogen-bond donors (Lipinski definition) is 0. The summed E-state index contributed by atoms with van der Waals surface area (Å²) in [6, 6.07) is 11.0. The molecule has 0 bridgehead atoms. The molecule has 194 valence electrons. The van der Waals surface area contributed by atoms with Gasteiger partial charge in [0.1, 0.15) is 5.01 Å². The summed E-state index contributed by atoms with van der Waals surface area (Å²) in [6.45, 7) is 0.973. The van der Waals surface area contributed by atoms with Gasteiger partial charge in [-0.05, 0) is 46.9 Å². The van der Waals surface area contributed by atoms with E-state index in [0.29, 0.717) is 6.07 Å². The first kappa shape index (κ1) is 26.7. The molecule has 4 rings (SSSR count). The second kappa shape index (κ2) is 9.51. The smallest absolute Gasteiger partial charge is 0.245 e. The van der Waals surface area contributed by atoms with E-state index in [9.17, 15) is 39.5 Å². The topological polar surface area (TPSA) is 12.9 Å². The summed E-state index contributed by atoms with van der Waals surface area (Å²) in [6.07, 6.45) is -12.9. The van der Waals surface area contributed by atoms with Crippen molar-refractivity contribution in [2.75, 3.05) is 0 Å². The Morgan fingerprint density at radius 2 is 1.16 bits per heavy atom. The molecule has 1 atom stereocenters. The number of alkyl halides is 9. The average molecular weight is 545 g/mol. The van der Waals surface area contributed by atoms with Gasteiger partial charge >= 0.3 is 18.5 Å². The number of rotatable bonds is 4. The maximum Gasteiger partial charge on any atom is 0.417 e. The Kier molecular flexibility index (Phi) is 6.87. The molecule has 1 nitrogen and oxygen atoms in total. The quantitative estimate of drug-likeness (QED) is 0.233. The lowest BCUT2D eigenvalue weighted by molar-refractivity contribution is -0.146. The molecule has 1 aromatic heterocycles. The van der Waals surface area contributed by atoms with E-state index in [1.807, 2.05) is 0 Å². The van der Waals surface area contributed by atoms with E-state index >= 15 is 0 Å². The Balaban J connectivity index is 1.79. The van der Waals surface area contributed by atoms with E-state index in [2.05, 4.69) is 4.98 Å². The molecule has 0 aliphatic rings. The van der Waals surface area contributed by atoms with Crippen LogP contribution in [0.25, 0.3) is 32.8 Å². The Hall–Kier alpha value is -3.34. The highest BCUT2D eigenvalue weighted by atomic mass is 32.1.